The van der Waals surface area contributed by atoms with E-state index in [9.17, 15) is 8.42 Å². The molecule has 0 saturated heterocycles. The molecule has 1 heterocycles. The third kappa shape index (κ3) is 5.74. The summed E-state index contributed by atoms with van der Waals surface area (Å²) in [6.07, 6.45) is 4.98. The second-order valence-electron chi connectivity index (χ2n) is 6.40. The summed E-state index contributed by atoms with van der Waals surface area (Å²) >= 11 is 0. The monoisotopic (exact) mass is 361 g/mol. The number of benzene rings is 1. The summed E-state index contributed by atoms with van der Waals surface area (Å²) in [6, 6.07) is 10.5. The van der Waals surface area contributed by atoms with E-state index in [1.54, 1.807) is 24.3 Å². The number of sulfonamides is 1. The predicted molar refractivity (Wildman–Crippen MR) is 104 cm³/mol. The van der Waals surface area contributed by atoms with E-state index >= 15 is 0 Å². The van der Waals surface area contributed by atoms with Crippen molar-refractivity contribution in [3.8, 4) is 0 Å². The Morgan fingerprint density at radius 1 is 1.04 bits per heavy atom. The van der Waals surface area contributed by atoms with Crippen molar-refractivity contribution in [1.29, 1.82) is 0 Å². The molecule has 0 aliphatic rings. The molecule has 0 spiro atoms. The molecule has 6 heteroatoms. The van der Waals surface area contributed by atoms with Gasteiger partial charge in [0.05, 0.1) is 16.8 Å². The van der Waals surface area contributed by atoms with Gasteiger partial charge in [0.25, 0.3) is 10.0 Å². The number of pyridine rings is 1. The summed E-state index contributed by atoms with van der Waals surface area (Å²) in [7, 11) is -3.60. The standard InChI is InChI=1S/C19H27N3O2S/c1-4-5-6-13-20-19-12-9-17(14-21-19)22-25(23,24)18-10-7-16(8-11-18)15(2)3/h7-12,14-15,22H,4-6,13H2,1-3H3,(H,20,21). The zero-order valence-electron chi connectivity index (χ0n) is 15.1. The average molecular weight is 362 g/mol. The first-order valence-corrected chi connectivity index (χ1v) is 10.2. The number of unbranched alkanes of at least 4 members (excludes halogenated alkanes) is 2. The van der Waals surface area contributed by atoms with Gasteiger partial charge in [-0.25, -0.2) is 13.4 Å². The van der Waals surface area contributed by atoms with Crippen molar-refractivity contribution in [3.63, 3.8) is 0 Å². The van der Waals surface area contributed by atoms with Gasteiger partial charge < -0.3 is 5.32 Å². The van der Waals surface area contributed by atoms with Gasteiger partial charge in [0.2, 0.25) is 0 Å². The Labute approximate surface area is 150 Å². The molecule has 1 aromatic heterocycles. The van der Waals surface area contributed by atoms with E-state index in [1.165, 1.54) is 19.0 Å². The van der Waals surface area contributed by atoms with E-state index in [-0.39, 0.29) is 4.90 Å². The fourth-order valence-electron chi connectivity index (χ4n) is 2.40. The number of nitrogens with zero attached hydrogens (tertiary/aromatic N) is 1. The van der Waals surface area contributed by atoms with Gasteiger partial charge in [-0.15, -0.1) is 0 Å². The van der Waals surface area contributed by atoms with Crippen LogP contribution < -0.4 is 10.0 Å². The molecule has 0 bridgehead atoms. The molecular formula is C19H27N3O2S. The molecule has 0 saturated carbocycles. The SMILES string of the molecule is CCCCCNc1ccc(NS(=O)(=O)c2ccc(C(C)C)cc2)cn1. The van der Waals surface area contributed by atoms with Crippen molar-refractivity contribution < 1.29 is 8.42 Å². The van der Waals surface area contributed by atoms with E-state index in [2.05, 4.69) is 35.8 Å². The maximum Gasteiger partial charge on any atom is 0.261 e. The van der Waals surface area contributed by atoms with Gasteiger partial charge in [-0.2, -0.15) is 0 Å². The molecule has 25 heavy (non-hydrogen) atoms. The molecule has 2 N–H and O–H groups in total. The van der Waals surface area contributed by atoms with Crippen LogP contribution in [0.4, 0.5) is 11.5 Å². The van der Waals surface area contributed by atoms with E-state index in [0.29, 0.717) is 11.6 Å². The molecule has 0 aliphatic carbocycles. The fourth-order valence-corrected chi connectivity index (χ4v) is 3.44. The molecule has 0 amide bonds. The van der Waals surface area contributed by atoms with E-state index < -0.39 is 10.0 Å². The third-order valence-electron chi connectivity index (χ3n) is 3.96. The smallest absolute Gasteiger partial charge is 0.261 e. The van der Waals surface area contributed by atoms with Crippen LogP contribution in [0, 0.1) is 0 Å². The van der Waals surface area contributed by atoms with E-state index in [1.807, 2.05) is 12.1 Å². The van der Waals surface area contributed by atoms with Gasteiger partial charge in [-0.05, 0) is 42.2 Å². The second kappa shape index (κ2) is 8.85. The minimum absolute atomic E-state index is 0.249. The van der Waals surface area contributed by atoms with Gasteiger partial charge in [-0.3, -0.25) is 4.72 Å². The molecule has 0 fully saturated rings. The maximum atomic E-state index is 12.5. The van der Waals surface area contributed by atoms with Crippen LogP contribution in [0.1, 0.15) is 51.5 Å². The first kappa shape index (κ1) is 19.2. The number of anilines is 2. The Bertz CT molecular complexity index is 754. The van der Waals surface area contributed by atoms with Crippen molar-refractivity contribution in [2.45, 2.75) is 50.8 Å². The lowest BCUT2D eigenvalue weighted by Crippen LogP contribution is -2.13. The Hall–Kier alpha value is -2.08. The number of hydrogen-bond acceptors (Lipinski definition) is 4. The molecule has 0 atom stereocenters. The maximum absolute atomic E-state index is 12.5. The number of rotatable bonds is 9. The van der Waals surface area contributed by atoms with Crippen molar-refractivity contribution in [3.05, 3.63) is 48.2 Å². The fraction of sp³-hybridized carbons (Fsp3) is 0.421. The minimum atomic E-state index is -3.60. The Morgan fingerprint density at radius 3 is 2.32 bits per heavy atom. The van der Waals surface area contributed by atoms with Crippen LogP contribution in [0.5, 0.6) is 0 Å². The number of aromatic nitrogens is 1. The predicted octanol–water partition coefficient (Wildman–Crippen LogP) is 4.61. The largest absolute Gasteiger partial charge is 0.370 e. The summed E-state index contributed by atoms with van der Waals surface area (Å²) in [4.78, 5) is 4.50. The molecule has 0 aliphatic heterocycles. The summed E-state index contributed by atoms with van der Waals surface area (Å²) in [5.41, 5.74) is 1.56. The molecule has 5 nitrogen and oxygen atoms in total. The molecule has 1 aromatic carbocycles. The van der Waals surface area contributed by atoms with Gasteiger partial charge in [0, 0.05) is 6.54 Å². The average Bonchev–Trinajstić information content (AvgIpc) is 2.60. The van der Waals surface area contributed by atoms with Crippen molar-refractivity contribution in [2.24, 2.45) is 0 Å². The van der Waals surface area contributed by atoms with Crippen LogP contribution in [-0.4, -0.2) is 19.9 Å². The van der Waals surface area contributed by atoms with Crippen LogP contribution in [-0.2, 0) is 10.0 Å². The number of hydrogen-bond donors (Lipinski definition) is 2. The first-order chi connectivity index (χ1) is 11.9. The van der Waals surface area contributed by atoms with Gasteiger partial charge in [0.1, 0.15) is 5.82 Å². The van der Waals surface area contributed by atoms with Gasteiger partial charge in [-0.1, -0.05) is 45.7 Å². The first-order valence-electron chi connectivity index (χ1n) is 8.75. The Morgan fingerprint density at radius 2 is 1.76 bits per heavy atom. The topological polar surface area (TPSA) is 71.1 Å². The lowest BCUT2D eigenvalue weighted by Gasteiger charge is -2.11. The van der Waals surface area contributed by atoms with Crippen LogP contribution in [0.15, 0.2) is 47.5 Å². The normalized spacial score (nSPS) is 11.5. The highest BCUT2D eigenvalue weighted by atomic mass is 32.2. The summed E-state index contributed by atoms with van der Waals surface area (Å²) in [6.45, 7) is 7.18. The molecule has 2 rings (SSSR count). The minimum Gasteiger partial charge on any atom is -0.370 e. The highest BCUT2D eigenvalue weighted by molar-refractivity contribution is 7.92. The van der Waals surface area contributed by atoms with Crippen LogP contribution in [0.25, 0.3) is 0 Å². The Balaban J connectivity index is 2.00. The van der Waals surface area contributed by atoms with E-state index in [0.717, 1.165) is 24.3 Å². The molecule has 0 radical (unpaired) electrons. The lowest BCUT2D eigenvalue weighted by molar-refractivity contribution is 0.601. The van der Waals surface area contributed by atoms with Gasteiger partial charge in [0.15, 0.2) is 0 Å². The van der Waals surface area contributed by atoms with Crippen LogP contribution in [0.2, 0.25) is 0 Å². The second-order valence-corrected chi connectivity index (χ2v) is 8.08. The van der Waals surface area contributed by atoms with Crippen molar-refractivity contribution >= 4 is 21.5 Å². The van der Waals surface area contributed by atoms with Crippen molar-refractivity contribution in [2.75, 3.05) is 16.6 Å². The highest BCUT2D eigenvalue weighted by Gasteiger charge is 2.14. The summed E-state index contributed by atoms with van der Waals surface area (Å²) < 4.78 is 27.5. The highest BCUT2D eigenvalue weighted by Crippen LogP contribution is 2.20. The number of nitrogens with one attached hydrogen (secondary N) is 2. The molecule has 0 unspecified atom stereocenters. The molecule has 2 aromatic rings. The van der Waals surface area contributed by atoms with Crippen molar-refractivity contribution in [1.82, 2.24) is 4.98 Å². The summed E-state index contributed by atoms with van der Waals surface area (Å²) in [5.74, 6) is 1.12. The van der Waals surface area contributed by atoms with E-state index in [4.69, 9.17) is 0 Å². The third-order valence-corrected chi connectivity index (χ3v) is 5.36. The van der Waals surface area contributed by atoms with Crippen LogP contribution >= 0.6 is 0 Å². The zero-order valence-corrected chi connectivity index (χ0v) is 15.9. The Kier molecular flexibility index (Phi) is 6.82. The molecule has 136 valence electrons. The van der Waals surface area contributed by atoms with Crippen LogP contribution in [0.3, 0.4) is 0 Å². The summed E-state index contributed by atoms with van der Waals surface area (Å²) in [5, 5.41) is 3.23. The quantitative estimate of drug-likeness (QED) is 0.640. The zero-order chi connectivity index (χ0) is 18.3. The molecular weight excluding hydrogens is 334 g/mol. The lowest BCUT2D eigenvalue weighted by atomic mass is 10.0. The van der Waals surface area contributed by atoms with Gasteiger partial charge >= 0.3 is 0 Å².